The number of fused-ring (bicyclic) bond motifs is 4. The van der Waals surface area contributed by atoms with Gasteiger partial charge in [-0.3, -0.25) is 9.59 Å². The second-order valence-electron chi connectivity index (χ2n) is 5.35. The number of rotatable bonds is 0. The zero-order valence-electron chi connectivity index (χ0n) is 9.69. The highest BCUT2D eigenvalue weighted by atomic mass is 16.2. The minimum absolute atomic E-state index is 0.0713. The van der Waals surface area contributed by atoms with E-state index in [9.17, 15) is 9.59 Å². The fourth-order valence-corrected chi connectivity index (χ4v) is 3.57. The van der Waals surface area contributed by atoms with Gasteiger partial charge >= 0.3 is 0 Å². The van der Waals surface area contributed by atoms with Crippen LogP contribution in [0.15, 0.2) is 0 Å². The molecule has 0 spiro atoms. The molecule has 2 amide bonds. The molecule has 3 rings (SSSR count). The third kappa shape index (κ3) is 1.28. The number of hydrogen-bond donors (Lipinski definition) is 0. The van der Waals surface area contributed by atoms with Crippen LogP contribution in [0.2, 0.25) is 0 Å². The molecule has 3 fully saturated rings. The molecule has 3 aliphatic heterocycles. The molecule has 0 aromatic carbocycles. The predicted octanol–water partition coefficient (Wildman–Crippen LogP) is 0.476. The van der Waals surface area contributed by atoms with Crippen molar-refractivity contribution < 1.29 is 9.59 Å². The minimum atomic E-state index is 0.0713. The highest BCUT2D eigenvalue weighted by Crippen LogP contribution is 2.38. The first-order valence-electron chi connectivity index (χ1n) is 6.24. The summed E-state index contributed by atoms with van der Waals surface area (Å²) in [7, 11) is 1.83. The molecule has 4 nitrogen and oxygen atoms in total. The van der Waals surface area contributed by atoms with Gasteiger partial charge in [0, 0.05) is 26.2 Å². The zero-order chi connectivity index (χ0) is 11.3. The standard InChI is InChI=1S/C12H18N2O2/c1-13-7-8-6-9(12(13)16)10-4-2-3-5-14(10)11(8)15/h8-10H,2-7H2,1H3/t8-,9-,10-/m1/s1. The summed E-state index contributed by atoms with van der Waals surface area (Å²) >= 11 is 0. The van der Waals surface area contributed by atoms with Crippen molar-refractivity contribution in [2.24, 2.45) is 11.8 Å². The number of piperidine rings is 3. The second kappa shape index (κ2) is 3.47. The summed E-state index contributed by atoms with van der Waals surface area (Å²) in [6, 6.07) is 0.202. The lowest BCUT2D eigenvalue weighted by atomic mass is 9.75. The molecular formula is C12H18N2O2. The van der Waals surface area contributed by atoms with Crippen molar-refractivity contribution in [1.29, 1.82) is 0 Å². The van der Waals surface area contributed by atoms with Gasteiger partial charge in [0.2, 0.25) is 11.8 Å². The first-order chi connectivity index (χ1) is 7.68. The van der Waals surface area contributed by atoms with Gasteiger partial charge in [0.25, 0.3) is 0 Å². The van der Waals surface area contributed by atoms with Gasteiger partial charge in [0.1, 0.15) is 0 Å². The van der Waals surface area contributed by atoms with Crippen LogP contribution in [0.5, 0.6) is 0 Å². The average Bonchev–Trinajstić information content (AvgIpc) is 2.31. The fourth-order valence-electron chi connectivity index (χ4n) is 3.57. The van der Waals surface area contributed by atoms with Crippen LogP contribution in [0.1, 0.15) is 25.7 Å². The van der Waals surface area contributed by atoms with E-state index < -0.39 is 0 Å². The van der Waals surface area contributed by atoms with Crippen molar-refractivity contribution in [1.82, 2.24) is 9.80 Å². The molecule has 16 heavy (non-hydrogen) atoms. The summed E-state index contributed by atoms with van der Waals surface area (Å²) in [5.41, 5.74) is 0. The van der Waals surface area contributed by atoms with Gasteiger partial charge in [-0.05, 0) is 25.7 Å². The molecule has 3 atom stereocenters. The number of amides is 2. The monoisotopic (exact) mass is 222 g/mol. The Bertz CT molecular complexity index is 342. The van der Waals surface area contributed by atoms with Crippen LogP contribution in [-0.4, -0.2) is 47.8 Å². The number of hydrogen-bond acceptors (Lipinski definition) is 2. The summed E-state index contributed by atoms with van der Waals surface area (Å²) in [5.74, 6) is 0.699. The van der Waals surface area contributed by atoms with E-state index in [-0.39, 0.29) is 23.8 Å². The summed E-state index contributed by atoms with van der Waals surface area (Å²) in [4.78, 5) is 28.0. The van der Waals surface area contributed by atoms with E-state index in [2.05, 4.69) is 0 Å². The average molecular weight is 222 g/mol. The third-order valence-corrected chi connectivity index (χ3v) is 4.37. The Labute approximate surface area is 95.6 Å². The van der Waals surface area contributed by atoms with Gasteiger partial charge in [0.05, 0.1) is 11.8 Å². The van der Waals surface area contributed by atoms with Crippen LogP contribution in [0, 0.1) is 11.8 Å². The first-order valence-corrected chi connectivity index (χ1v) is 6.24. The molecule has 4 heteroatoms. The van der Waals surface area contributed by atoms with Gasteiger partial charge in [-0.1, -0.05) is 0 Å². The van der Waals surface area contributed by atoms with Crippen molar-refractivity contribution in [2.45, 2.75) is 31.7 Å². The normalized spacial score (nSPS) is 38.7. The quantitative estimate of drug-likeness (QED) is 0.598. The summed E-state index contributed by atoms with van der Waals surface area (Å²) in [6.45, 7) is 1.49. The van der Waals surface area contributed by atoms with Crippen LogP contribution in [0.25, 0.3) is 0 Å². The van der Waals surface area contributed by atoms with E-state index in [1.807, 2.05) is 11.9 Å². The number of nitrogens with zero attached hydrogens (tertiary/aromatic N) is 2. The Hall–Kier alpha value is -1.06. The van der Waals surface area contributed by atoms with Crippen molar-refractivity contribution >= 4 is 11.8 Å². The number of likely N-dealkylation sites (tertiary alicyclic amines) is 1. The van der Waals surface area contributed by atoms with Gasteiger partial charge in [-0.2, -0.15) is 0 Å². The Morgan fingerprint density at radius 1 is 1.19 bits per heavy atom. The van der Waals surface area contributed by atoms with E-state index in [0.29, 0.717) is 12.5 Å². The van der Waals surface area contributed by atoms with E-state index in [1.54, 1.807) is 4.90 Å². The molecule has 0 unspecified atom stereocenters. The lowest BCUT2D eigenvalue weighted by molar-refractivity contribution is -0.161. The van der Waals surface area contributed by atoms with E-state index in [0.717, 1.165) is 32.2 Å². The van der Waals surface area contributed by atoms with Crippen molar-refractivity contribution in [3.63, 3.8) is 0 Å². The Morgan fingerprint density at radius 3 is 2.81 bits per heavy atom. The second-order valence-corrected chi connectivity index (χ2v) is 5.35. The van der Waals surface area contributed by atoms with Crippen LogP contribution < -0.4 is 0 Å². The molecule has 0 aliphatic carbocycles. The lowest BCUT2D eigenvalue weighted by Gasteiger charge is -2.50. The molecule has 88 valence electrons. The molecule has 0 aromatic heterocycles. The van der Waals surface area contributed by atoms with Gasteiger partial charge in [0.15, 0.2) is 0 Å². The van der Waals surface area contributed by atoms with Crippen molar-refractivity contribution in [3.8, 4) is 0 Å². The Morgan fingerprint density at radius 2 is 2.00 bits per heavy atom. The maximum Gasteiger partial charge on any atom is 0.227 e. The molecule has 0 N–H and O–H groups in total. The number of carbonyl (C=O) groups excluding carboxylic acids is 2. The first kappa shape index (κ1) is 10.1. The molecule has 0 radical (unpaired) electrons. The third-order valence-electron chi connectivity index (χ3n) is 4.37. The maximum absolute atomic E-state index is 12.2. The molecule has 0 saturated carbocycles. The smallest absolute Gasteiger partial charge is 0.227 e. The van der Waals surface area contributed by atoms with E-state index in [4.69, 9.17) is 0 Å². The largest absolute Gasteiger partial charge is 0.345 e. The fraction of sp³-hybridized carbons (Fsp3) is 0.833. The van der Waals surface area contributed by atoms with Gasteiger partial charge in [-0.25, -0.2) is 0 Å². The lowest BCUT2D eigenvalue weighted by Crippen LogP contribution is -2.63. The van der Waals surface area contributed by atoms with Crippen LogP contribution in [0.3, 0.4) is 0 Å². The van der Waals surface area contributed by atoms with Crippen LogP contribution >= 0.6 is 0 Å². The van der Waals surface area contributed by atoms with Crippen LogP contribution in [0.4, 0.5) is 0 Å². The van der Waals surface area contributed by atoms with E-state index >= 15 is 0 Å². The predicted molar refractivity (Wildman–Crippen MR) is 58.6 cm³/mol. The Kier molecular flexibility index (Phi) is 2.19. The van der Waals surface area contributed by atoms with E-state index in [1.165, 1.54) is 0 Å². The summed E-state index contributed by atoms with van der Waals surface area (Å²) in [5, 5.41) is 0. The molecule has 3 saturated heterocycles. The molecule has 3 heterocycles. The molecule has 0 aromatic rings. The van der Waals surface area contributed by atoms with Crippen LogP contribution in [-0.2, 0) is 9.59 Å². The van der Waals surface area contributed by atoms with Gasteiger partial charge in [-0.15, -0.1) is 0 Å². The highest BCUT2D eigenvalue weighted by Gasteiger charge is 2.49. The highest BCUT2D eigenvalue weighted by molar-refractivity contribution is 5.88. The summed E-state index contributed by atoms with van der Waals surface area (Å²) < 4.78 is 0. The Balaban J connectivity index is 1.92. The topological polar surface area (TPSA) is 40.6 Å². The maximum atomic E-state index is 12.2. The molecule has 2 bridgehead atoms. The molecular weight excluding hydrogens is 204 g/mol. The zero-order valence-corrected chi connectivity index (χ0v) is 9.69. The minimum Gasteiger partial charge on any atom is -0.345 e. The number of carbonyl (C=O) groups is 2. The van der Waals surface area contributed by atoms with Crippen molar-refractivity contribution in [3.05, 3.63) is 0 Å². The van der Waals surface area contributed by atoms with Gasteiger partial charge < -0.3 is 9.80 Å². The molecule has 3 aliphatic rings. The SMILES string of the molecule is CN1C[C@H]2C[C@@H](C1=O)[C@H]1CCCCN1C2=O. The van der Waals surface area contributed by atoms with Crippen molar-refractivity contribution in [2.75, 3.05) is 20.1 Å². The summed E-state index contributed by atoms with van der Waals surface area (Å²) in [6.07, 6.45) is 4.07.